The summed E-state index contributed by atoms with van der Waals surface area (Å²) in [4.78, 5) is 11.2. The molecule has 6 nitrogen and oxygen atoms in total. The zero-order valence-corrected chi connectivity index (χ0v) is 9.42. The Balaban J connectivity index is 2.17. The number of aromatic hydroxyl groups is 1. The molecular weight excluding hydrogens is 220 g/mol. The predicted octanol–water partition coefficient (Wildman–Crippen LogP) is 0.0565. The molecule has 0 aliphatic rings. The number of H-pyrrole nitrogens is 1. The van der Waals surface area contributed by atoms with E-state index in [9.17, 15) is 4.79 Å². The fraction of sp³-hybridized carbons (Fsp3) is 0.273. The van der Waals surface area contributed by atoms with Crippen molar-refractivity contribution in [3.63, 3.8) is 0 Å². The molecule has 0 spiro atoms. The Morgan fingerprint density at radius 3 is 2.65 bits per heavy atom. The maximum absolute atomic E-state index is 11.2. The van der Waals surface area contributed by atoms with Gasteiger partial charge in [0.05, 0.1) is 6.04 Å². The van der Waals surface area contributed by atoms with Crippen LogP contribution >= 0.6 is 0 Å². The molecule has 1 aromatic heterocycles. The molecule has 1 atom stereocenters. The third-order valence-corrected chi connectivity index (χ3v) is 2.64. The van der Waals surface area contributed by atoms with Crippen LogP contribution in [0.1, 0.15) is 17.4 Å². The molecule has 1 aromatic carbocycles. The predicted molar refractivity (Wildman–Crippen MR) is 62.6 cm³/mol. The second kappa shape index (κ2) is 4.42. The van der Waals surface area contributed by atoms with Crippen molar-refractivity contribution in [3.8, 4) is 5.75 Å². The van der Waals surface area contributed by atoms with Crippen molar-refractivity contribution in [3.05, 3.63) is 46.1 Å². The minimum Gasteiger partial charge on any atom is -0.508 e. The van der Waals surface area contributed by atoms with Crippen LogP contribution in [-0.2, 0) is 13.5 Å². The van der Waals surface area contributed by atoms with E-state index in [1.54, 1.807) is 31.3 Å². The van der Waals surface area contributed by atoms with Crippen LogP contribution in [0.25, 0.3) is 0 Å². The first kappa shape index (κ1) is 11.4. The van der Waals surface area contributed by atoms with Crippen molar-refractivity contribution in [1.82, 2.24) is 14.8 Å². The zero-order valence-electron chi connectivity index (χ0n) is 9.42. The minimum absolute atomic E-state index is 0.217. The largest absolute Gasteiger partial charge is 0.508 e. The highest BCUT2D eigenvalue weighted by molar-refractivity contribution is 5.26. The van der Waals surface area contributed by atoms with Crippen molar-refractivity contribution >= 4 is 0 Å². The van der Waals surface area contributed by atoms with E-state index in [1.807, 2.05) is 0 Å². The van der Waals surface area contributed by atoms with Crippen molar-refractivity contribution in [1.29, 1.82) is 0 Å². The second-order valence-corrected chi connectivity index (χ2v) is 3.92. The summed E-state index contributed by atoms with van der Waals surface area (Å²) in [6.07, 6.45) is 0.554. The van der Waals surface area contributed by atoms with Crippen LogP contribution in [0.2, 0.25) is 0 Å². The lowest BCUT2D eigenvalue weighted by Crippen LogP contribution is -2.22. The Kier molecular flexibility index (Phi) is 2.97. The quantitative estimate of drug-likeness (QED) is 0.699. The van der Waals surface area contributed by atoms with E-state index in [-0.39, 0.29) is 17.5 Å². The number of aromatic amines is 1. The van der Waals surface area contributed by atoms with Gasteiger partial charge in [-0.25, -0.2) is 9.89 Å². The molecule has 1 heterocycles. The molecule has 0 amide bonds. The number of nitrogens with one attached hydrogen (secondary N) is 1. The first-order chi connectivity index (χ1) is 8.08. The van der Waals surface area contributed by atoms with Crippen molar-refractivity contribution < 1.29 is 5.11 Å². The Morgan fingerprint density at radius 2 is 2.12 bits per heavy atom. The fourth-order valence-corrected chi connectivity index (χ4v) is 1.67. The van der Waals surface area contributed by atoms with E-state index >= 15 is 0 Å². The summed E-state index contributed by atoms with van der Waals surface area (Å²) in [6.45, 7) is 0. The summed E-state index contributed by atoms with van der Waals surface area (Å²) >= 11 is 0. The van der Waals surface area contributed by atoms with E-state index in [1.165, 1.54) is 4.57 Å². The maximum Gasteiger partial charge on any atom is 0.343 e. The summed E-state index contributed by atoms with van der Waals surface area (Å²) in [6, 6.07) is 6.43. The highest BCUT2D eigenvalue weighted by Gasteiger charge is 2.14. The summed E-state index contributed by atoms with van der Waals surface area (Å²) in [5, 5.41) is 15.4. The average molecular weight is 234 g/mol. The van der Waals surface area contributed by atoms with Gasteiger partial charge in [0, 0.05) is 7.05 Å². The van der Waals surface area contributed by atoms with Crippen LogP contribution in [-0.4, -0.2) is 19.9 Å². The molecule has 90 valence electrons. The maximum atomic E-state index is 11.2. The number of phenolic OH excluding ortho intramolecular Hbond substituents is 1. The molecule has 4 N–H and O–H groups in total. The molecule has 2 rings (SSSR count). The van der Waals surface area contributed by atoms with Gasteiger partial charge in [0.2, 0.25) is 0 Å². The molecule has 0 saturated heterocycles. The normalized spacial score (nSPS) is 12.6. The number of hydrogen-bond acceptors (Lipinski definition) is 4. The van der Waals surface area contributed by atoms with Gasteiger partial charge in [-0.15, -0.1) is 0 Å². The first-order valence-electron chi connectivity index (χ1n) is 5.22. The number of phenols is 1. The van der Waals surface area contributed by atoms with Crippen LogP contribution in [0, 0.1) is 0 Å². The van der Waals surface area contributed by atoms with E-state index in [0.29, 0.717) is 12.2 Å². The van der Waals surface area contributed by atoms with E-state index in [2.05, 4.69) is 10.2 Å². The molecular formula is C11H14N4O2. The lowest BCUT2D eigenvalue weighted by Gasteiger charge is -2.10. The van der Waals surface area contributed by atoms with Crippen LogP contribution in [0.3, 0.4) is 0 Å². The number of aromatic nitrogens is 3. The standard InChI is InChI=1S/C11H14N4O2/c1-15-10(13-14-11(15)17)9(12)6-7-2-4-8(16)5-3-7/h2-5,9,16H,6,12H2,1H3,(H,14,17)/t9-/m0/s1. The topological polar surface area (TPSA) is 96.9 Å². The number of nitrogens with zero attached hydrogens (tertiary/aromatic N) is 2. The first-order valence-corrected chi connectivity index (χ1v) is 5.22. The minimum atomic E-state index is -0.358. The fourth-order valence-electron chi connectivity index (χ4n) is 1.67. The number of hydrogen-bond donors (Lipinski definition) is 3. The van der Waals surface area contributed by atoms with Crippen molar-refractivity contribution in [2.45, 2.75) is 12.5 Å². The molecule has 6 heteroatoms. The van der Waals surface area contributed by atoms with Gasteiger partial charge in [0.15, 0.2) is 5.82 Å². The Morgan fingerprint density at radius 1 is 1.47 bits per heavy atom. The second-order valence-electron chi connectivity index (χ2n) is 3.92. The SMILES string of the molecule is Cn1c([C@@H](N)Cc2ccc(O)cc2)n[nH]c1=O. The Bertz CT molecular complexity index is 556. The van der Waals surface area contributed by atoms with Gasteiger partial charge < -0.3 is 10.8 Å². The van der Waals surface area contributed by atoms with Crippen LogP contribution in [0.15, 0.2) is 29.1 Å². The molecule has 0 aliphatic heterocycles. The lowest BCUT2D eigenvalue weighted by atomic mass is 10.1. The summed E-state index contributed by atoms with van der Waals surface area (Å²) < 4.78 is 1.39. The average Bonchev–Trinajstić information content (AvgIpc) is 2.63. The van der Waals surface area contributed by atoms with E-state index in [0.717, 1.165) is 5.56 Å². The highest BCUT2D eigenvalue weighted by atomic mass is 16.3. The van der Waals surface area contributed by atoms with Crippen LogP contribution in [0.4, 0.5) is 0 Å². The summed E-state index contributed by atoms with van der Waals surface area (Å²) in [5.41, 5.74) is 6.68. The zero-order chi connectivity index (χ0) is 12.4. The third-order valence-electron chi connectivity index (χ3n) is 2.64. The third kappa shape index (κ3) is 2.36. The van der Waals surface area contributed by atoms with Crippen LogP contribution < -0.4 is 11.4 Å². The molecule has 2 aromatic rings. The smallest absolute Gasteiger partial charge is 0.343 e. The lowest BCUT2D eigenvalue weighted by molar-refractivity contribution is 0.475. The van der Waals surface area contributed by atoms with Gasteiger partial charge in [0.25, 0.3) is 0 Å². The van der Waals surface area contributed by atoms with Gasteiger partial charge in [-0.2, -0.15) is 5.10 Å². The molecule has 0 aliphatic carbocycles. The van der Waals surface area contributed by atoms with Gasteiger partial charge in [-0.3, -0.25) is 4.57 Å². The van der Waals surface area contributed by atoms with E-state index in [4.69, 9.17) is 10.8 Å². The molecule has 0 unspecified atom stereocenters. The van der Waals surface area contributed by atoms with E-state index < -0.39 is 0 Å². The number of rotatable bonds is 3. The van der Waals surface area contributed by atoms with Gasteiger partial charge in [-0.05, 0) is 24.1 Å². The summed E-state index contributed by atoms with van der Waals surface area (Å²) in [5.74, 6) is 0.734. The van der Waals surface area contributed by atoms with Crippen molar-refractivity contribution in [2.75, 3.05) is 0 Å². The Hall–Kier alpha value is -2.08. The van der Waals surface area contributed by atoms with Gasteiger partial charge in [0.1, 0.15) is 5.75 Å². The number of benzene rings is 1. The van der Waals surface area contributed by atoms with Gasteiger partial charge >= 0.3 is 5.69 Å². The van der Waals surface area contributed by atoms with Gasteiger partial charge in [-0.1, -0.05) is 12.1 Å². The van der Waals surface area contributed by atoms with Crippen LogP contribution in [0.5, 0.6) is 5.75 Å². The monoisotopic (exact) mass is 234 g/mol. The number of nitrogens with two attached hydrogens (primary N) is 1. The molecule has 0 bridgehead atoms. The van der Waals surface area contributed by atoms with Crippen molar-refractivity contribution in [2.24, 2.45) is 12.8 Å². The summed E-state index contributed by atoms with van der Waals surface area (Å²) in [7, 11) is 1.62. The molecule has 0 fully saturated rings. The Labute approximate surface area is 97.7 Å². The molecule has 0 saturated carbocycles. The molecule has 0 radical (unpaired) electrons. The molecule has 17 heavy (non-hydrogen) atoms. The highest BCUT2D eigenvalue weighted by Crippen LogP contribution is 2.15.